The van der Waals surface area contributed by atoms with E-state index in [2.05, 4.69) is 9.89 Å². The van der Waals surface area contributed by atoms with Crippen LogP contribution in [0, 0.1) is 16.9 Å². The summed E-state index contributed by atoms with van der Waals surface area (Å²) in [6.07, 6.45) is 9.29. The Hall–Kier alpha value is -0.690. The van der Waals surface area contributed by atoms with E-state index in [4.69, 9.17) is 5.26 Å². The molecule has 1 saturated heterocycles. The van der Waals surface area contributed by atoms with Crippen molar-refractivity contribution in [2.24, 2.45) is 10.4 Å². The lowest BCUT2D eigenvalue weighted by Crippen LogP contribution is -2.34. The highest BCUT2D eigenvalue weighted by atomic mass is 32.2. The molecule has 4 heteroatoms. The Morgan fingerprint density at radius 3 is 2.71 bits per heavy atom. The number of hydrogen-bond acceptors (Lipinski definition) is 3. The van der Waals surface area contributed by atoms with Crippen LogP contribution in [0.25, 0.3) is 0 Å². The van der Waals surface area contributed by atoms with Gasteiger partial charge in [-0.15, -0.1) is 4.99 Å². The Morgan fingerprint density at radius 1 is 1.50 bits per heavy atom. The molecule has 1 saturated carbocycles. The molecule has 0 aromatic heterocycles. The maximum Gasteiger partial charge on any atom is 0.208 e. The molecule has 0 unspecified atom stereocenters. The van der Waals surface area contributed by atoms with Gasteiger partial charge in [0.15, 0.2) is 5.17 Å². The van der Waals surface area contributed by atoms with Gasteiger partial charge in [-0.05, 0) is 30.9 Å². The van der Waals surface area contributed by atoms with E-state index in [1.54, 1.807) is 11.8 Å². The minimum Gasteiger partial charge on any atom is -0.350 e. The van der Waals surface area contributed by atoms with Crippen molar-refractivity contribution < 1.29 is 0 Å². The molecule has 2 fully saturated rings. The van der Waals surface area contributed by atoms with Crippen molar-refractivity contribution in [1.29, 1.82) is 5.26 Å². The second kappa shape index (κ2) is 3.82. The minimum absolute atomic E-state index is 0.589. The van der Waals surface area contributed by atoms with Gasteiger partial charge in [-0.3, -0.25) is 0 Å². The van der Waals surface area contributed by atoms with E-state index >= 15 is 0 Å². The third-order valence-electron chi connectivity index (χ3n) is 3.45. The highest BCUT2D eigenvalue weighted by Gasteiger charge is 2.43. The predicted octanol–water partition coefficient (Wildman–Crippen LogP) is 2.06. The molecule has 1 aliphatic carbocycles. The zero-order chi connectivity index (χ0) is 10.0. The van der Waals surface area contributed by atoms with Crippen LogP contribution in [0.2, 0.25) is 0 Å². The fraction of sp³-hybridized carbons (Fsp3) is 0.800. The Morgan fingerprint density at radius 2 is 2.29 bits per heavy atom. The number of thioether (sulfide) groups is 1. The van der Waals surface area contributed by atoms with Crippen LogP contribution in [-0.2, 0) is 0 Å². The zero-order valence-electron chi connectivity index (χ0n) is 8.49. The molecule has 2 aliphatic rings. The maximum atomic E-state index is 8.55. The fourth-order valence-electron chi connectivity index (χ4n) is 2.47. The molecule has 0 aromatic rings. The Bertz CT molecular complexity index is 288. The smallest absolute Gasteiger partial charge is 0.208 e. The van der Waals surface area contributed by atoms with E-state index < -0.39 is 0 Å². The van der Waals surface area contributed by atoms with Gasteiger partial charge in [0.1, 0.15) is 0 Å². The molecule has 0 bridgehead atoms. The van der Waals surface area contributed by atoms with E-state index in [0.717, 1.165) is 18.3 Å². The van der Waals surface area contributed by atoms with Crippen LogP contribution in [0.3, 0.4) is 0 Å². The summed E-state index contributed by atoms with van der Waals surface area (Å²) in [5, 5.41) is 9.45. The van der Waals surface area contributed by atoms with E-state index in [1.807, 2.05) is 12.4 Å². The van der Waals surface area contributed by atoms with Gasteiger partial charge in [0.2, 0.25) is 6.19 Å². The number of amidine groups is 1. The highest BCUT2D eigenvalue weighted by molar-refractivity contribution is 8.13. The number of nitrogens with zero attached hydrogens (tertiary/aromatic N) is 3. The third kappa shape index (κ3) is 1.61. The van der Waals surface area contributed by atoms with Gasteiger partial charge in [0.05, 0.1) is 0 Å². The monoisotopic (exact) mass is 209 g/mol. The molecule has 1 heterocycles. The molecular formula is C10H15N3S. The van der Waals surface area contributed by atoms with E-state index in [1.165, 1.54) is 25.7 Å². The molecule has 0 atom stereocenters. The van der Waals surface area contributed by atoms with Crippen LogP contribution in [0.5, 0.6) is 0 Å². The standard InChI is InChI=1S/C10H15N3S/c1-14-9(12-8-11)13-6-5-10(7-13)3-2-4-10/h2-7H2,1H3. The number of rotatable bonds is 0. The van der Waals surface area contributed by atoms with Crippen molar-refractivity contribution in [3.8, 4) is 6.19 Å². The van der Waals surface area contributed by atoms with Crippen molar-refractivity contribution in [2.75, 3.05) is 19.3 Å². The summed E-state index contributed by atoms with van der Waals surface area (Å²) in [5.74, 6) is 0. The molecule has 0 N–H and O–H groups in total. The first kappa shape index (κ1) is 9.85. The quantitative estimate of drug-likeness (QED) is 0.348. The van der Waals surface area contributed by atoms with Crippen molar-refractivity contribution in [2.45, 2.75) is 25.7 Å². The summed E-state index contributed by atoms with van der Waals surface area (Å²) in [4.78, 5) is 6.13. The lowest BCUT2D eigenvalue weighted by molar-refractivity contribution is 0.152. The third-order valence-corrected chi connectivity index (χ3v) is 4.17. The number of aliphatic imine (C=N–C) groups is 1. The Kier molecular flexibility index (Phi) is 2.69. The Labute approximate surface area is 89.2 Å². The largest absolute Gasteiger partial charge is 0.350 e. The second-order valence-electron chi connectivity index (χ2n) is 4.22. The molecule has 1 aliphatic heterocycles. The average Bonchev–Trinajstić information content (AvgIpc) is 2.58. The SMILES string of the molecule is CSC(=NC#N)N1CCC2(CCC2)C1. The van der Waals surface area contributed by atoms with Gasteiger partial charge in [-0.1, -0.05) is 18.2 Å². The summed E-state index contributed by atoms with van der Waals surface area (Å²) < 4.78 is 0. The summed E-state index contributed by atoms with van der Waals surface area (Å²) in [6.45, 7) is 2.20. The van der Waals surface area contributed by atoms with E-state index in [0.29, 0.717) is 5.41 Å². The number of nitriles is 1. The fourth-order valence-corrected chi connectivity index (χ4v) is 3.02. The maximum absolute atomic E-state index is 8.55. The molecular weight excluding hydrogens is 194 g/mol. The molecule has 0 amide bonds. The van der Waals surface area contributed by atoms with Gasteiger partial charge < -0.3 is 4.90 Å². The van der Waals surface area contributed by atoms with Gasteiger partial charge >= 0.3 is 0 Å². The zero-order valence-corrected chi connectivity index (χ0v) is 9.31. The summed E-state index contributed by atoms with van der Waals surface area (Å²) in [5.41, 5.74) is 0.589. The molecule has 1 spiro atoms. The van der Waals surface area contributed by atoms with Gasteiger partial charge in [0.25, 0.3) is 0 Å². The molecule has 76 valence electrons. The lowest BCUT2D eigenvalue weighted by atomic mass is 9.68. The summed E-state index contributed by atoms with van der Waals surface area (Å²) in [7, 11) is 0. The van der Waals surface area contributed by atoms with Crippen molar-refractivity contribution in [3.05, 3.63) is 0 Å². The van der Waals surface area contributed by atoms with Crippen molar-refractivity contribution in [1.82, 2.24) is 4.90 Å². The van der Waals surface area contributed by atoms with Gasteiger partial charge in [-0.25, -0.2) is 0 Å². The molecule has 14 heavy (non-hydrogen) atoms. The van der Waals surface area contributed by atoms with Crippen molar-refractivity contribution in [3.63, 3.8) is 0 Å². The van der Waals surface area contributed by atoms with Crippen LogP contribution < -0.4 is 0 Å². The predicted molar refractivity (Wildman–Crippen MR) is 59.0 cm³/mol. The van der Waals surface area contributed by atoms with Crippen LogP contribution in [0.1, 0.15) is 25.7 Å². The minimum atomic E-state index is 0.589. The molecule has 3 nitrogen and oxygen atoms in total. The van der Waals surface area contributed by atoms with Crippen molar-refractivity contribution >= 4 is 16.9 Å². The number of hydrogen-bond donors (Lipinski definition) is 0. The first-order chi connectivity index (χ1) is 6.79. The second-order valence-corrected chi connectivity index (χ2v) is 5.00. The summed E-state index contributed by atoms with van der Waals surface area (Å²) in [6, 6.07) is 0. The van der Waals surface area contributed by atoms with E-state index in [9.17, 15) is 0 Å². The normalized spacial score (nSPS) is 24.9. The van der Waals surface area contributed by atoms with Crippen LogP contribution in [0.15, 0.2) is 4.99 Å². The first-order valence-corrected chi connectivity index (χ1v) is 6.28. The molecule has 0 radical (unpaired) electrons. The topological polar surface area (TPSA) is 39.4 Å². The average molecular weight is 209 g/mol. The molecule has 0 aromatic carbocycles. The van der Waals surface area contributed by atoms with Crippen LogP contribution >= 0.6 is 11.8 Å². The van der Waals surface area contributed by atoms with E-state index in [-0.39, 0.29) is 0 Å². The van der Waals surface area contributed by atoms with Crippen LogP contribution in [-0.4, -0.2) is 29.4 Å². The summed E-state index contributed by atoms with van der Waals surface area (Å²) >= 11 is 1.58. The van der Waals surface area contributed by atoms with Gasteiger partial charge in [-0.2, -0.15) is 5.26 Å². The molecule has 2 rings (SSSR count). The number of likely N-dealkylation sites (tertiary alicyclic amines) is 1. The highest BCUT2D eigenvalue weighted by Crippen LogP contribution is 2.48. The van der Waals surface area contributed by atoms with Gasteiger partial charge in [0, 0.05) is 13.1 Å². The lowest BCUT2D eigenvalue weighted by Gasteiger charge is -2.38. The van der Waals surface area contributed by atoms with Crippen LogP contribution in [0.4, 0.5) is 0 Å². The Balaban J connectivity index is 2.01. The first-order valence-electron chi connectivity index (χ1n) is 5.05.